The molecule has 6 heteroatoms. The van der Waals surface area contributed by atoms with Crippen LogP contribution in [-0.4, -0.2) is 41.3 Å². The smallest absolute Gasteiger partial charge is 0.191 e. The van der Waals surface area contributed by atoms with Crippen LogP contribution in [0.15, 0.2) is 23.2 Å². The van der Waals surface area contributed by atoms with E-state index in [4.69, 9.17) is 0 Å². The van der Waals surface area contributed by atoms with Crippen molar-refractivity contribution in [3.63, 3.8) is 0 Å². The second-order valence-corrected chi connectivity index (χ2v) is 7.11. The first-order valence-electron chi connectivity index (χ1n) is 7.91. The number of benzene rings is 1. The summed E-state index contributed by atoms with van der Waals surface area (Å²) in [6, 6.07) is 6.44. The lowest BCUT2D eigenvalue weighted by Gasteiger charge is -2.23. The quantitative estimate of drug-likeness (QED) is 0.368. The fourth-order valence-corrected chi connectivity index (χ4v) is 3.81. The number of hydrogen-bond donors (Lipinski definition) is 3. The number of guanidine groups is 1. The first-order valence-corrected chi connectivity index (χ1v) is 9.06. The summed E-state index contributed by atoms with van der Waals surface area (Å²) in [6.45, 7) is 8.29. The maximum atomic E-state index is 10.4. The van der Waals surface area contributed by atoms with Gasteiger partial charge in [0.25, 0.3) is 0 Å². The zero-order valence-corrected chi connectivity index (χ0v) is 17.3. The number of aryl methyl sites for hydroxylation is 2. The van der Waals surface area contributed by atoms with Gasteiger partial charge in [-0.3, -0.25) is 0 Å². The molecule has 1 aromatic carbocycles. The Bertz CT molecular complexity index is 531. The van der Waals surface area contributed by atoms with Crippen LogP contribution in [0.1, 0.15) is 30.0 Å². The summed E-state index contributed by atoms with van der Waals surface area (Å²) in [5, 5.41) is 16.9. The normalized spacial score (nSPS) is 21.0. The number of nitrogens with one attached hydrogen (secondary N) is 2. The van der Waals surface area contributed by atoms with E-state index < -0.39 is 5.60 Å². The third-order valence-corrected chi connectivity index (χ3v) is 5.15. The van der Waals surface area contributed by atoms with Crippen LogP contribution < -0.4 is 10.6 Å². The molecule has 0 bridgehead atoms. The van der Waals surface area contributed by atoms with Crippen molar-refractivity contribution >= 4 is 41.7 Å². The fourth-order valence-electron chi connectivity index (χ4n) is 2.51. The van der Waals surface area contributed by atoms with Crippen molar-refractivity contribution in [2.24, 2.45) is 4.99 Å². The van der Waals surface area contributed by atoms with Gasteiger partial charge < -0.3 is 15.7 Å². The highest BCUT2D eigenvalue weighted by atomic mass is 127. The Balaban J connectivity index is 0.00000264. The molecule has 0 spiro atoms. The van der Waals surface area contributed by atoms with E-state index in [2.05, 4.69) is 54.6 Å². The van der Waals surface area contributed by atoms with Crippen molar-refractivity contribution in [3.8, 4) is 0 Å². The lowest BCUT2D eigenvalue weighted by molar-refractivity contribution is 0.0724. The van der Waals surface area contributed by atoms with E-state index in [0.29, 0.717) is 13.1 Å². The SMILES string of the molecule is CCNC(=NCc1ccc(C)cc1C)NCC1(O)CCSC1.I. The Labute approximate surface area is 160 Å². The fraction of sp³-hybridized carbons (Fsp3) is 0.588. The van der Waals surface area contributed by atoms with Crippen LogP contribution in [0.3, 0.4) is 0 Å². The molecule has 1 aliphatic rings. The van der Waals surface area contributed by atoms with Gasteiger partial charge >= 0.3 is 0 Å². The zero-order chi connectivity index (χ0) is 16.0. The van der Waals surface area contributed by atoms with Crippen LogP contribution in [0, 0.1) is 13.8 Å². The van der Waals surface area contributed by atoms with E-state index in [9.17, 15) is 5.11 Å². The number of nitrogens with zero attached hydrogens (tertiary/aromatic N) is 1. The van der Waals surface area contributed by atoms with Crippen LogP contribution in [0.4, 0.5) is 0 Å². The monoisotopic (exact) mass is 449 g/mol. The third-order valence-electron chi connectivity index (χ3n) is 3.92. The van der Waals surface area contributed by atoms with E-state index in [1.807, 2.05) is 11.8 Å². The Kier molecular flexibility index (Phi) is 8.71. The molecule has 1 atom stereocenters. The van der Waals surface area contributed by atoms with Gasteiger partial charge in [-0.25, -0.2) is 4.99 Å². The van der Waals surface area contributed by atoms with Gasteiger partial charge in [-0.05, 0) is 44.1 Å². The highest BCUT2D eigenvalue weighted by Crippen LogP contribution is 2.26. The molecule has 1 heterocycles. The summed E-state index contributed by atoms with van der Waals surface area (Å²) >= 11 is 1.81. The highest BCUT2D eigenvalue weighted by Gasteiger charge is 2.31. The summed E-state index contributed by atoms with van der Waals surface area (Å²) in [7, 11) is 0. The van der Waals surface area contributed by atoms with Crippen LogP contribution >= 0.6 is 35.7 Å². The minimum absolute atomic E-state index is 0. The van der Waals surface area contributed by atoms with Crippen LogP contribution in [0.2, 0.25) is 0 Å². The van der Waals surface area contributed by atoms with Gasteiger partial charge in [0.05, 0.1) is 12.1 Å². The highest BCUT2D eigenvalue weighted by molar-refractivity contribution is 14.0. The largest absolute Gasteiger partial charge is 0.387 e. The second kappa shape index (κ2) is 9.74. The summed E-state index contributed by atoms with van der Waals surface area (Å²) in [5.74, 6) is 2.61. The van der Waals surface area contributed by atoms with Gasteiger partial charge in [0.2, 0.25) is 0 Å². The molecule has 23 heavy (non-hydrogen) atoms. The van der Waals surface area contributed by atoms with Crippen LogP contribution in [0.5, 0.6) is 0 Å². The topological polar surface area (TPSA) is 56.7 Å². The number of aliphatic hydroxyl groups is 1. The number of thioether (sulfide) groups is 1. The molecule has 1 unspecified atom stereocenters. The Morgan fingerprint density at radius 2 is 2.13 bits per heavy atom. The molecule has 0 radical (unpaired) electrons. The molecule has 130 valence electrons. The van der Waals surface area contributed by atoms with Crippen molar-refractivity contribution in [1.29, 1.82) is 0 Å². The molecule has 2 rings (SSSR count). The minimum Gasteiger partial charge on any atom is -0.387 e. The van der Waals surface area contributed by atoms with Crippen molar-refractivity contribution in [2.75, 3.05) is 24.6 Å². The van der Waals surface area contributed by atoms with Gasteiger partial charge in [-0.15, -0.1) is 24.0 Å². The van der Waals surface area contributed by atoms with Crippen LogP contribution in [0.25, 0.3) is 0 Å². The lowest BCUT2D eigenvalue weighted by atomic mass is 10.0. The van der Waals surface area contributed by atoms with Gasteiger partial charge in [-0.1, -0.05) is 23.8 Å². The molecule has 1 fully saturated rings. The average Bonchev–Trinajstić information content (AvgIpc) is 2.91. The molecular formula is C17H28IN3OS. The first-order chi connectivity index (χ1) is 10.5. The summed E-state index contributed by atoms with van der Waals surface area (Å²) in [5.41, 5.74) is 3.18. The molecule has 0 aromatic heterocycles. The molecule has 0 saturated carbocycles. The second-order valence-electron chi connectivity index (χ2n) is 6.01. The van der Waals surface area contributed by atoms with Gasteiger partial charge in [-0.2, -0.15) is 11.8 Å². The summed E-state index contributed by atoms with van der Waals surface area (Å²) in [6.07, 6.45) is 0.848. The molecule has 1 saturated heterocycles. The van der Waals surface area contributed by atoms with Crippen molar-refractivity contribution < 1.29 is 5.11 Å². The molecule has 1 aliphatic heterocycles. The van der Waals surface area contributed by atoms with E-state index in [1.165, 1.54) is 16.7 Å². The first kappa shape index (κ1) is 20.6. The summed E-state index contributed by atoms with van der Waals surface area (Å²) < 4.78 is 0. The predicted molar refractivity (Wildman–Crippen MR) is 111 cm³/mol. The van der Waals surface area contributed by atoms with Gasteiger partial charge in [0.1, 0.15) is 0 Å². The van der Waals surface area contributed by atoms with E-state index in [0.717, 1.165) is 30.4 Å². The van der Waals surface area contributed by atoms with E-state index >= 15 is 0 Å². The van der Waals surface area contributed by atoms with Crippen LogP contribution in [-0.2, 0) is 6.54 Å². The predicted octanol–water partition coefficient (Wildman–Crippen LogP) is 2.84. The van der Waals surface area contributed by atoms with Crippen molar-refractivity contribution in [2.45, 2.75) is 39.3 Å². The molecule has 0 amide bonds. The number of rotatable bonds is 5. The average molecular weight is 449 g/mol. The molecule has 3 N–H and O–H groups in total. The van der Waals surface area contributed by atoms with E-state index in [-0.39, 0.29) is 24.0 Å². The molecule has 4 nitrogen and oxygen atoms in total. The van der Waals surface area contributed by atoms with Gasteiger partial charge in [0, 0.05) is 18.8 Å². The zero-order valence-electron chi connectivity index (χ0n) is 14.2. The number of hydrogen-bond acceptors (Lipinski definition) is 3. The number of aliphatic imine (C=N–C) groups is 1. The molecular weight excluding hydrogens is 421 g/mol. The standard InChI is InChI=1S/C17H27N3OS.HI/c1-4-18-16(20-11-17(21)7-8-22-12-17)19-10-15-6-5-13(2)9-14(15)3;/h5-6,9,21H,4,7-8,10-12H2,1-3H3,(H2,18,19,20);1H. The number of halogens is 1. The molecule has 1 aromatic rings. The maximum absolute atomic E-state index is 10.4. The minimum atomic E-state index is -0.597. The van der Waals surface area contributed by atoms with Crippen molar-refractivity contribution in [1.82, 2.24) is 10.6 Å². The lowest BCUT2D eigenvalue weighted by Crippen LogP contribution is -2.47. The van der Waals surface area contributed by atoms with Gasteiger partial charge in [0.15, 0.2) is 5.96 Å². The van der Waals surface area contributed by atoms with Crippen molar-refractivity contribution in [3.05, 3.63) is 34.9 Å². The Morgan fingerprint density at radius 3 is 2.74 bits per heavy atom. The maximum Gasteiger partial charge on any atom is 0.191 e. The molecule has 0 aliphatic carbocycles. The Morgan fingerprint density at radius 1 is 1.35 bits per heavy atom. The summed E-state index contributed by atoms with van der Waals surface area (Å²) in [4.78, 5) is 4.64. The third kappa shape index (κ3) is 6.51. The van der Waals surface area contributed by atoms with E-state index in [1.54, 1.807) is 0 Å². The Hall–Kier alpha value is -0.470.